The van der Waals surface area contributed by atoms with Crippen LogP contribution in [-0.4, -0.2) is 18.6 Å². The first-order chi connectivity index (χ1) is 4.43. The average Bonchev–Trinajstić information content (AvgIpc) is 2.34. The van der Waals surface area contributed by atoms with E-state index in [2.05, 4.69) is 16.9 Å². The van der Waals surface area contributed by atoms with Crippen molar-refractivity contribution in [1.29, 1.82) is 0 Å². The zero-order chi connectivity index (χ0) is 6.53. The fourth-order valence-electron chi connectivity index (χ4n) is 0.768. The van der Waals surface area contributed by atoms with Gasteiger partial charge in [0.2, 0.25) is 0 Å². The van der Waals surface area contributed by atoms with Crippen molar-refractivity contribution >= 4 is 11.9 Å². The lowest BCUT2D eigenvalue weighted by molar-refractivity contribution is 0.894. The van der Waals surface area contributed by atoms with Gasteiger partial charge in [-0.1, -0.05) is 13.3 Å². The van der Waals surface area contributed by atoms with Gasteiger partial charge in [-0.2, -0.15) is 0 Å². The molecule has 0 unspecified atom stereocenters. The zero-order valence-corrected chi connectivity index (χ0v) is 5.51. The number of hydrogen-bond acceptors (Lipinski definition) is 2. The van der Waals surface area contributed by atoms with Crippen LogP contribution in [0.3, 0.4) is 0 Å². The summed E-state index contributed by atoms with van der Waals surface area (Å²) < 4.78 is 0. The molecule has 1 rings (SSSR count). The van der Waals surface area contributed by atoms with Gasteiger partial charge in [-0.05, 0) is 12.8 Å². The third kappa shape index (κ3) is 1.96. The van der Waals surface area contributed by atoms with Crippen LogP contribution in [0.15, 0.2) is 9.98 Å². The van der Waals surface area contributed by atoms with Crippen LogP contribution in [0.1, 0.15) is 19.3 Å². The molecular formula is C7H11N2. The molecule has 0 aromatic rings. The van der Waals surface area contributed by atoms with Gasteiger partial charge in [-0.15, -0.1) is 0 Å². The molecule has 1 aliphatic heterocycles. The van der Waals surface area contributed by atoms with Gasteiger partial charge >= 0.3 is 0 Å². The molecule has 0 amide bonds. The first kappa shape index (κ1) is 6.46. The Morgan fingerprint density at radius 1 is 1.67 bits per heavy atom. The van der Waals surface area contributed by atoms with Crippen molar-refractivity contribution < 1.29 is 0 Å². The topological polar surface area (TPSA) is 24.7 Å². The summed E-state index contributed by atoms with van der Waals surface area (Å²) in [7, 11) is 0. The molecule has 0 aliphatic carbocycles. The molecule has 49 valence electrons. The number of nitrogens with zero attached hydrogens (tertiary/aromatic N) is 2. The summed E-state index contributed by atoms with van der Waals surface area (Å²) >= 11 is 0. The molecule has 1 heterocycles. The fraction of sp³-hybridized carbons (Fsp3) is 0.571. The third-order valence-electron chi connectivity index (χ3n) is 1.28. The van der Waals surface area contributed by atoms with E-state index in [1.54, 1.807) is 0 Å². The van der Waals surface area contributed by atoms with E-state index >= 15 is 0 Å². The normalized spacial score (nSPS) is 16.3. The molecule has 0 saturated heterocycles. The lowest BCUT2D eigenvalue weighted by Gasteiger charge is -1.91. The fourth-order valence-corrected chi connectivity index (χ4v) is 0.768. The Hall–Kier alpha value is -0.660. The molecule has 0 aromatic heterocycles. The predicted octanol–water partition coefficient (Wildman–Crippen LogP) is 1.47. The van der Waals surface area contributed by atoms with Crippen LogP contribution in [0.2, 0.25) is 0 Å². The number of rotatable bonds is 3. The highest BCUT2D eigenvalue weighted by Gasteiger charge is 1.97. The van der Waals surface area contributed by atoms with Crippen LogP contribution >= 0.6 is 0 Å². The molecular weight excluding hydrogens is 112 g/mol. The predicted molar refractivity (Wildman–Crippen MR) is 40.0 cm³/mol. The van der Waals surface area contributed by atoms with Gasteiger partial charge in [-0.25, -0.2) is 0 Å². The quantitative estimate of drug-likeness (QED) is 0.543. The van der Waals surface area contributed by atoms with Crippen molar-refractivity contribution in [2.24, 2.45) is 9.98 Å². The minimum Gasteiger partial charge on any atom is -0.268 e. The van der Waals surface area contributed by atoms with Gasteiger partial charge in [-0.3, -0.25) is 9.98 Å². The van der Waals surface area contributed by atoms with Crippen LogP contribution in [0.4, 0.5) is 0 Å². The summed E-state index contributed by atoms with van der Waals surface area (Å²) in [5, 5.41) is 0. The molecule has 0 saturated carbocycles. The first-order valence-electron chi connectivity index (χ1n) is 3.26. The van der Waals surface area contributed by atoms with Crippen LogP contribution < -0.4 is 0 Å². The first-order valence-corrected chi connectivity index (χ1v) is 3.26. The van der Waals surface area contributed by atoms with E-state index in [1.807, 2.05) is 6.21 Å². The minimum atomic E-state index is 0.645. The Morgan fingerprint density at radius 3 is 3.11 bits per heavy atom. The van der Waals surface area contributed by atoms with Crippen LogP contribution in [0.5, 0.6) is 0 Å². The highest BCUT2D eigenvalue weighted by atomic mass is 15.0. The van der Waals surface area contributed by atoms with Gasteiger partial charge in [0.25, 0.3) is 0 Å². The molecule has 1 radical (unpaired) electrons. The zero-order valence-electron chi connectivity index (χ0n) is 5.51. The van der Waals surface area contributed by atoms with Crippen molar-refractivity contribution in [3.63, 3.8) is 0 Å². The summed E-state index contributed by atoms with van der Waals surface area (Å²) in [6.07, 6.45) is 5.03. The van der Waals surface area contributed by atoms with Crippen molar-refractivity contribution in [2.75, 3.05) is 6.67 Å². The Labute approximate surface area is 55.7 Å². The molecule has 0 spiro atoms. The van der Waals surface area contributed by atoms with Gasteiger partial charge in [0, 0.05) is 6.21 Å². The average molecular weight is 123 g/mol. The van der Waals surface area contributed by atoms with E-state index in [4.69, 9.17) is 0 Å². The van der Waals surface area contributed by atoms with Crippen molar-refractivity contribution in [3.8, 4) is 0 Å². The van der Waals surface area contributed by atoms with E-state index in [9.17, 15) is 0 Å². The Balaban J connectivity index is 2.19. The van der Waals surface area contributed by atoms with Crippen LogP contribution in [-0.2, 0) is 0 Å². The second-order valence-corrected chi connectivity index (χ2v) is 2.06. The SMILES string of the molecule is [CH2]CCCC1=NCN=C1. The molecule has 2 nitrogen and oxygen atoms in total. The van der Waals surface area contributed by atoms with Gasteiger partial charge in [0.15, 0.2) is 0 Å². The summed E-state index contributed by atoms with van der Waals surface area (Å²) in [4.78, 5) is 8.11. The van der Waals surface area contributed by atoms with Crippen LogP contribution in [0.25, 0.3) is 0 Å². The highest BCUT2D eigenvalue weighted by Crippen LogP contribution is 1.98. The van der Waals surface area contributed by atoms with Crippen molar-refractivity contribution in [2.45, 2.75) is 19.3 Å². The second-order valence-electron chi connectivity index (χ2n) is 2.06. The van der Waals surface area contributed by atoms with E-state index in [0.29, 0.717) is 6.67 Å². The molecule has 0 aromatic carbocycles. The Bertz CT molecular complexity index is 136. The third-order valence-corrected chi connectivity index (χ3v) is 1.28. The van der Waals surface area contributed by atoms with Gasteiger partial charge in [0.05, 0.1) is 5.71 Å². The van der Waals surface area contributed by atoms with Gasteiger partial charge < -0.3 is 0 Å². The van der Waals surface area contributed by atoms with E-state index < -0.39 is 0 Å². The summed E-state index contributed by atoms with van der Waals surface area (Å²) in [6.45, 7) is 4.39. The monoisotopic (exact) mass is 123 g/mol. The number of hydrogen-bond donors (Lipinski definition) is 0. The molecule has 9 heavy (non-hydrogen) atoms. The summed E-state index contributed by atoms with van der Waals surface area (Å²) in [6, 6.07) is 0. The standard InChI is InChI=1S/C7H11N2/c1-2-3-4-7-5-8-6-9-7/h5H,1-4,6H2. The minimum absolute atomic E-state index is 0.645. The maximum absolute atomic E-state index is 4.14. The van der Waals surface area contributed by atoms with Crippen molar-refractivity contribution in [3.05, 3.63) is 6.92 Å². The summed E-state index contributed by atoms with van der Waals surface area (Å²) in [5.41, 5.74) is 1.14. The van der Waals surface area contributed by atoms with Crippen molar-refractivity contribution in [1.82, 2.24) is 0 Å². The maximum Gasteiger partial charge on any atom is 0.129 e. The number of aliphatic imine (C=N–C) groups is 2. The lowest BCUT2D eigenvalue weighted by Crippen LogP contribution is -1.94. The Kier molecular flexibility index (Phi) is 2.43. The molecule has 0 bridgehead atoms. The van der Waals surface area contributed by atoms with E-state index in [0.717, 1.165) is 25.0 Å². The second kappa shape index (κ2) is 3.38. The lowest BCUT2D eigenvalue weighted by atomic mass is 10.2. The largest absolute Gasteiger partial charge is 0.268 e. The number of unbranched alkanes of at least 4 members (excludes halogenated alkanes) is 1. The Morgan fingerprint density at radius 2 is 2.56 bits per heavy atom. The molecule has 0 N–H and O–H groups in total. The smallest absolute Gasteiger partial charge is 0.129 e. The van der Waals surface area contributed by atoms with Crippen LogP contribution in [0, 0.1) is 6.92 Å². The molecule has 2 heteroatoms. The molecule has 1 aliphatic rings. The van der Waals surface area contributed by atoms with Gasteiger partial charge in [0.1, 0.15) is 6.67 Å². The summed E-state index contributed by atoms with van der Waals surface area (Å²) in [5.74, 6) is 0. The van der Waals surface area contributed by atoms with E-state index in [1.165, 1.54) is 0 Å². The highest BCUT2D eigenvalue weighted by molar-refractivity contribution is 6.31. The maximum atomic E-state index is 4.14. The molecule has 0 fully saturated rings. The molecule has 0 atom stereocenters. The van der Waals surface area contributed by atoms with E-state index in [-0.39, 0.29) is 0 Å².